The molecule has 3 rings (SSSR count). The first-order valence-electron chi connectivity index (χ1n) is 6.87. The van der Waals surface area contributed by atoms with Gasteiger partial charge in [-0.25, -0.2) is 4.98 Å². The third-order valence-electron chi connectivity index (χ3n) is 3.40. The number of hydrogen-bond acceptors (Lipinski definition) is 4. The largest absolute Gasteiger partial charge is 0.328 e. The van der Waals surface area contributed by atoms with Gasteiger partial charge in [0.25, 0.3) is 0 Å². The van der Waals surface area contributed by atoms with Crippen molar-refractivity contribution in [2.75, 3.05) is 0 Å². The molecule has 104 valence electrons. The summed E-state index contributed by atoms with van der Waals surface area (Å²) in [5.74, 6) is 1.06. The molecule has 2 N–H and O–H groups in total. The van der Waals surface area contributed by atoms with Crippen LogP contribution < -0.4 is 5.73 Å². The van der Waals surface area contributed by atoms with Crippen LogP contribution in [0.3, 0.4) is 0 Å². The van der Waals surface area contributed by atoms with Crippen LogP contribution in [0, 0.1) is 0 Å². The van der Waals surface area contributed by atoms with Crippen LogP contribution in [0.15, 0.2) is 36.0 Å². The number of nitrogens with zero attached hydrogens (tertiary/aromatic N) is 3. The summed E-state index contributed by atoms with van der Waals surface area (Å²) in [7, 11) is 0. The fraction of sp³-hybridized carbons (Fsp3) is 0.333. The second kappa shape index (κ2) is 5.73. The molecule has 1 aromatic carbocycles. The van der Waals surface area contributed by atoms with E-state index < -0.39 is 0 Å². The van der Waals surface area contributed by atoms with Gasteiger partial charge in [0.2, 0.25) is 0 Å². The Labute approximate surface area is 122 Å². The minimum Gasteiger partial charge on any atom is -0.328 e. The van der Waals surface area contributed by atoms with Crippen LogP contribution in [-0.4, -0.2) is 14.5 Å². The van der Waals surface area contributed by atoms with Crippen molar-refractivity contribution in [3.05, 3.63) is 46.7 Å². The number of rotatable bonds is 5. The predicted molar refractivity (Wildman–Crippen MR) is 82.8 cm³/mol. The lowest BCUT2D eigenvalue weighted by Gasteiger charge is -2.11. The van der Waals surface area contributed by atoms with Gasteiger partial charge in [-0.1, -0.05) is 19.1 Å². The van der Waals surface area contributed by atoms with Crippen molar-refractivity contribution >= 4 is 22.4 Å². The number of aromatic nitrogens is 3. The van der Waals surface area contributed by atoms with E-state index in [1.165, 1.54) is 5.52 Å². The van der Waals surface area contributed by atoms with Crippen LogP contribution in [-0.2, 0) is 13.0 Å². The fourth-order valence-electron chi connectivity index (χ4n) is 2.46. The molecule has 4 nitrogen and oxygen atoms in total. The van der Waals surface area contributed by atoms with Gasteiger partial charge in [-0.15, -0.1) is 11.3 Å². The van der Waals surface area contributed by atoms with Crippen molar-refractivity contribution in [3.63, 3.8) is 0 Å². The Morgan fingerprint density at radius 1 is 1.35 bits per heavy atom. The van der Waals surface area contributed by atoms with Gasteiger partial charge in [0.05, 0.1) is 16.5 Å². The lowest BCUT2D eigenvalue weighted by molar-refractivity contribution is 0.613. The maximum absolute atomic E-state index is 6.28. The van der Waals surface area contributed by atoms with Crippen molar-refractivity contribution < 1.29 is 0 Å². The van der Waals surface area contributed by atoms with Gasteiger partial charge in [0.15, 0.2) is 0 Å². The number of para-hydroxylation sites is 2. The van der Waals surface area contributed by atoms with Crippen LogP contribution >= 0.6 is 11.3 Å². The monoisotopic (exact) mass is 286 g/mol. The normalized spacial score (nSPS) is 12.9. The highest BCUT2D eigenvalue weighted by atomic mass is 32.1. The van der Waals surface area contributed by atoms with Crippen LogP contribution in [0.5, 0.6) is 0 Å². The molecule has 5 heteroatoms. The number of fused-ring (bicyclic) bond motifs is 1. The smallest absolute Gasteiger partial charge is 0.111 e. The Morgan fingerprint density at radius 3 is 2.95 bits per heavy atom. The highest BCUT2D eigenvalue weighted by Crippen LogP contribution is 2.22. The zero-order valence-electron chi connectivity index (χ0n) is 11.5. The molecule has 1 atom stereocenters. The topological polar surface area (TPSA) is 56.7 Å². The van der Waals surface area contributed by atoms with E-state index in [0.717, 1.165) is 35.6 Å². The predicted octanol–water partition coefficient (Wildman–Crippen LogP) is 3.15. The Balaban J connectivity index is 1.96. The minimum absolute atomic E-state index is 0.0325. The molecule has 3 aromatic rings. The van der Waals surface area contributed by atoms with Crippen LogP contribution in [0.4, 0.5) is 0 Å². The van der Waals surface area contributed by atoms with E-state index in [1.807, 2.05) is 17.8 Å². The number of thiazole rings is 1. The minimum atomic E-state index is -0.0325. The Hall–Kier alpha value is -1.72. The quantitative estimate of drug-likeness (QED) is 0.784. The average Bonchev–Trinajstić information content (AvgIpc) is 3.08. The van der Waals surface area contributed by atoms with E-state index in [2.05, 4.69) is 34.7 Å². The summed E-state index contributed by atoms with van der Waals surface area (Å²) in [4.78, 5) is 9.96. The first kappa shape index (κ1) is 13.3. The van der Waals surface area contributed by atoms with Gasteiger partial charge in [-0.05, 0) is 18.6 Å². The summed E-state index contributed by atoms with van der Waals surface area (Å²) in [6.45, 7) is 3.16. The van der Waals surface area contributed by atoms with Gasteiger partial charge in [-0.2, -0.15) is 0 Å². The van der Waals surface area contributed by atoms with E-state index in [4.69, 9.17) is 10.7 Å². The Kier molecular flexibility index (Phi) is 3.80. The maximum Gasteiger partial charge on any atom is 0.111 e. The van der Waals surface area contributed by atoms with Crippen LogP contribution in [0.1, 0.15) is 30.1 Å². The molecule has 2 heterocycles. The molecule has 0 bridgehead atoms. The molecule has 0 spiro atoms. The molecule has 0 saturated heterocycles. The maximum atomic E-state index is 6.28. The number of benzene rings is 1. The number of hydrogen-bond donors (Lipinski definition) is 1. The molecule has 2 aromatic heterocycles. The summed E-state index contributed by atoms with van der Waals surface area (Å²) in [5, 5.41) is 0. The zero-order chi connectivity index (χ0) is 13.9. The lowest BCUT2D eigenvalue weighted by atomic mass is 10.2. The van der Waals surface area contributed by atoms with Crippen molar-refractivity contribution in [1.82, 2.24) is 14.5 Å². The average molecular weight is 286 g/mol. The molecule has 1 unspecified atom stereocenters. The summed E-state index contributed by atoms with van der Waals surface area (Å²) >= 11 is 1.60. The number of imidazole rings is 1. The van der Waals surface area contributed by atoms with E-state index >= 15 is 0 Å². The third kappa shape index (κ3) is 2.46. The molecule has 0 amide bonds. The highest BCUT2D eigenvalue weighted by Gasteiger charge is 2.15. The van der Waals surface area contributed by atoms with Crippen molar-refractivity contribution in [2.45, 2.75) is 32.4 Å². The second-order valence-electron chi connectivity index (χ2n) is 4.88. The molecule has 0 aliphatic rings. The van der Waals surface area contributed by atoms with E-state index in [-0.39, 0.29) is 6.04 Å². The van der Waals surface area contributed by atoms with Gasteiger partial charge < -0.3 is 10.3 Å². The zero-order valence-corrected chi connectivity index (χ0v) is 12.3. The van der Waals surface area contributed by atoms with Crippen LogP contribution in [0.2, 0.25) is 0 Å². The fourth-order valence-corrected chi connectivity index (χ4v) is 3.08. The lowest BCUT2D eigenvalue weighted by Crippen LogP contribution is -2.15. The summed E-state index contributed by atoms with van der Waals surface area (Å²) in [6, 6.07) is 8.24. The molecular weight excluding hydrogens is 268 g/mol. The number of nitrogens with two attached hydrogens (primary N) is 1. The molecule has 20 heavy (non-hydrogen) atoms. The summed E-state index contributed by atoms with van der Waals surface area (Å²) in [5.41, 5.74) is 10.3. The van der Waals surface area contributed by atoms with Gasteiger partial charge in [0, 0.05) is 30.1 Å². The van der Waals surface area contributed by atoms with Crippen LogP contribution in [0.25, 0.3) is 11.0 Å². The number of aryl methyl sites for hydroxylation is 1. The molecular formula is C15H18N4S. The van der Waals surface area contributed by atoms with Crippen molar-refractivity contribution in [2.24, 2.45) is 5.73 Å². The molecule has 0 aliphatic carbocycles. The molecule has 0 saturated carbocycles. The second-order valence-corrected chi connectivity index (χ2v) is 5.80. The standard InChI is InChI=1S/C15H18N4S/c1-2-7-19-13-6-4-3-5-12(13)18-15(19)8-11(16)14-9-17-10-20-14/h3-6,9-11H,2,7-8,16H2,1H3. The first-order chi connectivity index (χ1) is 9.79. The third-order valence-corrected chi connectivity index (χ3v) is 4.31. The van der Waals surface area contributed by atoms with Crippen molar-refractivity contribution in [1.29, 1.82) is 0 Å². The highest BCUT2D eigenvalue weighted by molar-refractivity contribution is 7.09. The Morgan fingerprint density at radius 2 is 2.20 bits per heavy atom. The van der Waals surface area contributed by atoms with E-state index in [0.29, 0.717) is 0 Å². The van der Waals surface area contributed by atoms with Crippen molar-refractivity contribution in [3.8, 4) is 0 Å². The van der Waals surface area contributed by atoms with Gasteiger partial charge in [0.1, 0.15) is 5.82 Å². The van der Waals surface area contributed by atoms with E-state index in [9.17, 15) is 0 Å². The van der Waals surface area contributed by atoms with Gasteiger partial charge in [-0.3, -0.25) is 4.98 Å². The summed E-state index contributed by atoms with van der Waals surface area (Å²) < 4.78 is 2.29. The molecule has 0 radical (unpaired) electrons. The first-order valence-corrected chi connectivity index (χ1v) is 7.75. The molecule has 0 aliphatic heterocycles. The Bertz CT molecular complexity index is 687. The summed E-state index contributed by atoms with van der Waals surface area (Å²) in [6.07, 6.45) is 3.68. The van der Waals surface area contributed by atoms with E-state index in [1.54, 1.807) is 11.3 Å². The van der Waals surface area contributed by atoms with Gasteiger partial charge >= 0.3 is 0 Å². The SMILES string of the molecule is CCCn1c(CC(N)c2cncs2)nc2ccccc21. The molecule has 0 fully saturated rings.